The predicted molar refractivity (Wildman–Crippen MR) is 189 cm³/mol. The Bertz CT molecular complexity index is 977. The first-order chi connectivity index (χ1) is 25.1. The number of aliphatic hydroxyl groups excluding tert-OH is 13. The van der Waals surface area contributed by atoms with Crippen LogP contribution < -0.4 is 0 Å². The summed E-state index contributed by atoms with van der Waals surface area (Å²) in [6.07, 6.45) is -18.9. The van der Waals surface area contributed by atoms with E-state index in [9.17, 15) is 35.7 Å². The number of rotatable bonds is 19. The fourth-order valence-corrected chi connectivity index (χ4v) is 5.85. The molecule has 54 heavy (non-hydrogen) atoms. The lowest BCUT2D eigenvalue weighted by Crippen LogP contribution is -2.65. The molecule has 3 rings (SSSR count). The minimum absolute atomic E-state index is 0.0483. The van der Waals surface area contributed by atoms with Crippen molar-refractivity contribution in [2.75, 3.05) is 58.6 Å². The van der Waals surface area contributed by atoms with Crippen molar-refractivity contribution in [1.29, 1.82) is 0 Å². The molecule has 1 saturated carbocycles. The largest absolute Gasteiger partial charge is 0.396 e. The van der Waals surface area contributed by atoms with Crippen LogP contribution in [0.25, 0.3) is 0 Å². The standard InChI is InChI=1S/C25H48O14S.C4H8O3.C4H10O3/c1-24(2,10-25(3,4)12-40)11-36-22-19(33)21(39-23-18(32)17(31)16(30)13(7-27)37-23)20(35-9-15(28)29)14(38-22)8-34-6-5-26;5-1-2-3(6)4(2)7;1-3(6)4(7)2-5/h13-23,26-33,40H,5-12H2,1-4H3;2-7H,1H2;3-7H,2H2,1H3. The Morgan fingerprint density at radius 1 is 0.685 bits per heavy atom. The zero-order chi connectivity index (χ0) is 41.6. The van der Waals surface area contributed by atoms with E-state index in [4.69, 9.17) is 64.2 Å². The van der Waals surface area contributed by atoms with Crippen LogP contribution >= 0.6 is 12.6 Å². The van der Waals surface area contributed by atoms with Crippen LogP contribution in [0, 0.1) is 16.7 Å². The van der Waals surface area contributed by atoms with E-state index in [1.807, 2.05) is 13.8 Å². The maximum atomic E-state index is 11.3. The minimum Gasteiger partial charge on any atom is -0.396 e. The average Bonchev–Trinajstić information content (AvgIpc) is 3.71. The summed E-state index contributed by atoms with van der Waals surface area (Å²) < 4.78 is 34.4. The monoisotopic (exact) mass is 814 g/mol. The summed E-state index contributed by atoms with van der Waals surface area (Å²) in [5.41, 5.74) is -0.457. The van der Waals surface area contributed by atoms with Gasteiger partial charge in [-0.1, -0.05) is 27.7 Å². The Labute approximate surface area is 320 Å². The lowest BCUT2D eigenvalue weighted by molar-refractivity contribution is -0.367. The SMILES string of the molecule is CC(C)(CS)CC(C)(C)COC1OC(COCCO)C(OCC(O)O)C(OC2OC(CO)C(O)C(O)C2O)C1O.CC(O)C(O)CO.OCC1C(O)C1O. The van der Waals surface area contributed by atoms with Crippen LogP contribution in [-0.4, -0.2) is 222 Å². The van der Waals surface area contributed by atoms with Gasteiger partial charge < -0.3 is 99.9 Å². The van der Waals surface area contributed by atoms with Crippen LogP contribution in [-0.2, 0) is 28.4 Å². The van der Waals surface area contributed by atoms with Crippen LogP contribution in [0.3, 0.4) is 0 Å². The summed E-state index contributed by atoms with van der Waals surface area (Å²) in [6, 6.07) is 0. The maximum absolute atomic E-state index is 11.3. The molecule has 1 aliphatic carbocycles. The Hall–Kier alpha value is -0.450. The Balaban J connectivity index is 0.000000865. The van der Waals surface area contributed by atoms with Gasteiger partial charge in [0.05, 0.1) is 71.2 Å². The number of aliphatic hydroxyl groups is 14. The Kier molecular flexibility index (Phi) is 23.4. The van der Waals surface area contributed by atoms with E-state index < -0.39 is 105 Å². The first-order valence-electron chi connectivity index (χ1n) is 17.7. The smallest absolute Gasteiger partial charge is 0.187 e. The molecule has 0 amide bonds. The summed E-state index contributed by atoms with van der Waals surface area (Å²) >= 11 is 4.42. The van der Waals surface area contributed by atoms with Crippen molar-refractivity contribution in [2.45, 2.75) is 133 Å². The van der Waals surface area contributed by atoms with Crippen LogP contribution in [0.2, 0.25) is 0 Å². The van der Waals surface area contributed by atoms with E-state index in [1.165, 1.54) is 6.92 Å². The van der Waals surface area contributed by atoms with Gasteiger partial charge in [-0.3, -0.25) is 0 Å². The van der Waals surface area contributed by atoms with E-state index in [-0.39, 0.29) is 56.4 Å². The Morgan fingerprint density at radius 2 is 1.28 bits per heavy atom. The molecule has 21 heteroatoms. The lowest BCUT2D eigenvalue weighted by Gasteiger charge is -2.47. The van der Waals surface area contributed by atoms with E-state index >= 15 is 0 Å². The molecule has 14 atom stereocenters. The number of hydrogen-bond donors (Lipinski definition) is 15. The van der Waals surface area contributed by atoms with Crippen LogP contribution in [0.5, 0.6) is 0 Å². The normalized spacial score (nSPS) is 35.4. The molecule has 20 nitrogen and oxygen atoms in total. The average molecular weight is 815 g/mol. The number of hydrogen-bond acceptors (Lipinski definition) is 21. The quantitative estimate of drug-likeness (QED) is 0.0328. The third-order valence-electron chi connectivity index (χ3n) is 8.77. The summed E-state index contributed by atoms with van der Waals surface area (Å²) in [5, 5.41) is 130. The van der Waals surface area contributed by atoms with Gasteiger partial charge in [0.1, 0.15) is 54.9 Å². The van der Waals surface area contributed by atoms with E-state index in [2.05, 4.69) is 26.5 Å². The first kappa shape index (κ1) is 51.6. The molecule has 0 bridgehead atoms. The van der Waals surface area contributed by atoms with E-state index in [0.29, 0.717) is 5.75 Å². The summed E-state index contributed by atoms with van der Waals surface area (Å²) in [4.78, 5) is 0. The first-order valence-corrected chi connectivity index (χ1v) is 18.4. The molecule has 324 valence electrons. The highest BCUT2D eigenvalue weighted by molar-refractivity contribution is 7.80. The third-order valence-corrected chi connectivity index (χ3v) is 9.63. The number of thiol groups is 1. The molecule has 0 aromatic carbocycles. The van der Waals surface area contributed by atoms with Gasteiger partial charge in [0.2, 0.25) is 0 Å². The number of ether oxygens (including phenoxy) is 6. The van der Waals surface area contributed by atoms with Gasteiger partial charge in [0.15, 0.2) is 18.9 Å². The molecule has 2 aliphatic heterocycles. The maximum Gasteiger partial charge on any atom is 0.187 e. The highest BCUT2D eigenvalue weighted by atomic mass is 32.1. The molecule has 3 aliphatic rings. The van der Waals surface area contributed by atoms with Gasteiger partial charge in [0, 0.05) is 5.92 Å². The van der Waals surface area contributed by atoms with Crippen molar-refractivity contribution in [3.05, 3.63) is 0 Å². The van der Waals surface area contributed by atoms with Gasteiger partial charge in [0.25, 0.3) is 0 Å². The molecule has 2 saturated heterocycles. The van der Waals surface area contributed by atoms with Crippen LogP contribution in [0.1, 0.15) is 41.0 Å². The second kappa shape index (κ2) is 24.5. The molecule has 0 aromatic heterocycles. The van der Waals surface area contributed by atoms with E-state index in [1.54, 1.807) is 0 Å². The summed E-state index contributed by atoms with van der Waals surface area (Å²) in [6.45, 7) is 7.41. The molecule has 2 heterocycles. The van der Waals surface area contributed by atoms with E-state index in [0.717, 1.165) is 6.42 Å². The second-order valence-electron chi connectivity index (χ2n) is 15.2. The zero-order valence-corrected chi connectivity index (χ0v) is 32.4. The van der Waals surface area contributed by atoms with Crippen molar-refractivity contribution in [2.24, 2.45) is 16.7 Å². The third kappa shape index (κ3) is 16.8. The van der Waals surface area contributed by atoms with Crippen molar-refractivity contribution in [3.8, 4) is 0 Å². The molecule has 14 unspecified atom stereocenters. The van der Waals surface area contributed by atoms with Crippen molar-refractivity contribution in [1.82, 2.24) is 0 Å². The van der Waals surface area contributed by atoms with Crippen molar-refractivity contribution >= 4 is 12.6 Å². The fraction of sp³-hybridized carbons (Fsp3) is 1.00. The molecule has 3 fully saturated rings. The molecular formula is C33H66O20S. The van der Waals surface area contributed by atoms with Gasteiger partial charge in [-0.05, 0) is 29.9 Å². The lowest BCUT2D eigenvalue weighted by atomic mass is 9.76. The van der Waals surface area contributed by atoms with Crippen LogP contribution in [0.4, 0.5) is 0 Å². The minimum atomic E-state index is -1.88. The van der Waals surface area contributed by atoms with Crippen molar-refractivity contribution < 1.29 is 99.9 Å². The predicted octanol–water partition coefficient (Wildman–Crippen LogP) is -5.60. The van der Waals surface area contributed by atoms with Gasteiger partial charge in [-0.25, -0.2) is 0 Å². The van der Waals surface area contributed by atoms with Gasteiger partial charge in [-0.15, -0.1) is 0 Å². The van der Waals surface area contributed by atoms with Gasteiger partial charge in [-0.2, -0.15) is 12.6 Å². The molecule has 0 spiro atoms. The topological polar surface area (TPSA) is 339 Å². The molecule has 0 aromatic rings. The summed E-state index contributed by atoms with van der Waals surface area (Å²) in [7, 11) is 0. The van der Waals surface area contributed by atoms with Crippen LogP contribution in [0.15, 0.2) is 0 Å². The fourth-order valence-electron chi connectivity index (χ4n) is 5.74. The highest BCUT2D eigenvalue weighted by Crippen LogP contribution is 2.37. The highest BCUT2D eigenvalue weighted by Gasteiger charge is 2.52. The zero-order valence-electron chi connectivity index (χ0n) is 31.5. The second-order valence-corrected chi connectivity index (χ2v) is 15.5. The molecule has 0 radical (unpaired) electrons. The Morgan fingerprint density at radius 3 is 1.70 bits per heavy atom. The summed E-state index contributed by atoms with van der Waals surface area (Å²) in [5.74, 6) is 0.383. The molecule has 14 N–H and O–H groups in total. The van der Waals surface area contributed by atoms with Gasteiger partial charge >= 0.3 is 0 Å². The van der Waals surface area contributed by atoms with Crippen molar-refractivity contribution in [3.63, 3.8) is 0 Å². The molecular weight excluding hydrogens is 748 g/mol.